The lowest BCUT2D eigenvalue weighted by atomic mass is 9.77. The Balaban J connectivity index is 1.76. The third-order valence-electron chi connectivity index (χ3n) is 7.12. The Hall–Kier alpha value is -2.70. The molecule has 1 aliphatic carbocycles. The van der Waals surface area contributed by atoms with E-state index in [9.17, 15) is 24.9 Å². The fourth-order valence-electron chi connectivity index (χ4n) is 5.35. The standard InChI is InChI=1S/C26H36N2O9/c1-34-9-5-21(31)28(13-16-4-3-8-36-16)19-12-18(26(33)27-6-7-29)22-17-10-15(14-30)11-20(35-2)24(17)37-25(22)23(19)32/h10-12,16,19,22-23,25,29-30,32H,3-9,13-14H2,1-2H3,(H,27,33). The maximum absolute atomic E-state index is 13.3. The normalized spacial score (nSPS) is 26.1. The topological polar surface area (TPSA) is 147 Å². The Bertz CT molecular complexity index is 1010. The van der Waals surface area contributed by atoms with Gasteiger partial charge in [0.15, 0.2) is 11.5 Å². The fourth-order valence-corrected chi connectivity index (χ4v) is 5.35. The number of fused-ring (bicyclic) bond motifs is 3. The van der Waals surface area contributed by atoms with Gasteiger partial charge in [0.1, 0.15) is 12.2 Å². The highest BCUT2D eigenvalue weighted by molar-refractivity contribution is 5.96. The van der Waals surface area contributed by atoms with Gasteiger partial charge < -0.3 is 44.5 Å². The van der Waals surface area contributed by atoms with Crippen LogP contribution in [0.25, 0.3) is 0 Å². The van der Waals surface area contributed by atoms with Crippen LogP contribution in [0.3, 0.4) is 0 Å². The van der Waals surface area contributed by atoms with E-state index >= 15 is 0 Å². The second-order valence-corrected chi connectivity index (χ2v) is 9.44. The molecule has 0 spiro atoms. The minimum atomic E-state index is -1.16. The van der Waals surface area contributed by atoms with E-state index in [1.165, 1.54) is 14.2 Å². The van der Waals surface area contributed by atoms with Crippen LogP contribution in [-0.2, 0) is 25.7 Å². The van der Waals surface area contributed by atoms with Gasteiger partial charge in [-0.2, -0.15) is 0 Å². The van der Waals surface area contributed by atoms with Crippen LogP contribution in [0.4, 0.5) is 0 Å². The number of carbonyl (C=O) groups excluding carboxylic acids is 2. The molecule has 5 atom stereocenters. The van der Waals surface area contributed by atoms with Crippen LogP contribution >= 0.6 is 0 Å². The average Bonchev–Trinajstić information content (AvgIpc) is 3.57. The summed E-state index contributed by atoms with van der Waals surface area (Å²) in [5, 5.41) is 33.3. The molecule has 37 heavy (non-hydrogen) atoms. The fraction of sp³-hybridized carbons (Fsp3) is 0.615. The predicted octanol–water partition coefficient (Wildman–Crippen LogP) is -0.146. The van der Waals surface area contributed by atoms with Crippen molar-refractivity contribution in [3.63, 3.8) is 0 Å². The summed E-state index contributed by atoms with van der Waals surface area (Å²) in [5.41, 5.74) is 1.48. The summed E-state index contributed by atoms with van der Waals surface area (Å²) < 4.78 is 22.6. The van der Waals surface area contributed by atoms with Gasteiger partial charge in [0.2, 0.25) is 11.8 Å². The molecular weight excluding hydrogens is 484 g/mol. The van der Waals surface area contributed by atoms with E-state index in [4.69, 9.17) is 18.9 Å². The van der Waals surface area contributed by atoms with Crippen LogP contribution in [0.15, 0.2) is 23.8 Å². The lowest BCUT2D eigenvalue weighted by molar-refractivity contribution is -0.140. The number of hydrogen-bond donors (Lipinski definition) is 4. The van der Waals surface area contributed by atoms with Crippen molar-refractivity contribution in [3.05, 3.63) is 34.9 Å². The monoisotopic (exact) mass is 520 g/mol. The number of carbonyl (C=O) groups is 2. The predicted molar refractivity (Wildman–Crippen MR) is 131 cm³/mol. The number of methoxy groups -OCH3 is 2. The lowest BCUT2D eigenvalue weighted by Crippen LogP contribution is -2.57. The number of rotatable bonds is 11. The number of amides is 2. The third kappa shape index (κ3) is 5.60. The second kappa shape index (κ2) is 12.2. The molecule has 3 aliphatic rings. The molecule has 11 heteroatoms. The molecule has 0 saturated carbocycles. The summed E-state index contributed by atoms with van der Waals surface area (Å²) >= 11 is 0. The van der Waals surface area contributed by atoms with E-state index in [-0.39, 0.29) is 51.3 Å². The van der Waals surface area contributed by atoms with E-state index in [2.05, 4.69) is 5.32 Å². The highest BCUT2D eigenvalue weighted by Gasteiger charge is 2.51. The average molecular weight is 521 g/mol. The summed E-state index contributed by atoms with van der Waals surface area (Å²) in [5.74, 6) is -0.582. The molecule has 1 saturated heterocycles. The van der Waals surface area contributed by atoms with Crippen LogP contribution in [0.2, 0.25) is 0 Å². The van der Waals surface area contributed by atoms with E-state index in [1.54, 1.807) is 23.1 Å². The molecule has 4 rings (SSSR count). The highest BCUT2D eigenvalue weighted by Crippen LogP contribution is 2.51. The first kappa shape index (κ1) is 27.3. The van der Waals surface area contributed by atoms with Crippen LogP contribution in [0.1, 0.15) is 36.3 Å². The molecule has 1 aromatic rings. The Labute approximate surface area is 215 Å². The van der Waals surface area contributed by atoms with Crippen molar-refractivity contribution in [2.45, 2.75) is 56.1 Å². The molecule has 1 aromatic carbocycles. The summed E-state index contributed by atoms with van der Waals surface area (Å²) in [6.45, 7) is 0.640. The molecule has 4 N–H and O–H groups in total. The summed E-state index contributed by atoms with van der Waals surface area (Å²) in [7, 11) is 2.99. The molecule has 11 nitrogen and oxygen atoms in total. The minimum absolute atomic E-state index is 0.0426. The largest absolute Gasteiger partial charge is 0.493 e. The van der Waals surface area contributed by atoms with Crippen molar-refractivity contribution in [2.24, 2.45) is 0 Å². The van der Waals surface area contributed by atoms with Crippen molar-refractivity contribution in [3.8, 4) is 11.5 Å². The van der Waals surface area contributed by atoms with E-state index in [0.717, 1.165) is 12.8 Å². The van der Waals surface area contributed by atoms with Crippen molar-refractivity contribution in [1.82, 2.24) is 10.2 Å². The minimum Gasteiger partial charge on any atom is -0.493 e. The molecule has 204 valence electrons. The number of nitrogens with zero attached hydrogens (tertiary/aromatic N) is 1. The van der Waals surface area contributed by atoms with Gasteiger partial charge in [-0.25, -0.2) is 0 Å². The van der Waals surface area contributed by atoms with Crippen LogP contribution in [0, 0.1) is 0 Å². The molecular formula is C26H36N2O9. The van der Waals surface area contributed by atoms with Crippen molar-refractivity contribution < 1.29 is 43.9 Å². The number of ether oxygens (including phenoxy) is 4. The van der Waals surface area contributed by atoms with Gasteiger partial charge in [-0.3, -0.25) is 9.59 Å². The van der Waals surface area contributed by atoms with Crippen molar-refractivity contribution in [2.75, 3.05) is 47.1 Å². The molecule has 0 radical (unpaired) electrons. The molecule has 2 heterocycles. The third-order valence-corrected chi connectivity index (χ3v) is 7.12. The SMILES string of the molecule is COCCC(=O)N(CC1CCCO1)C1C=C(C(=O)NCCO)C2c3cc(CO)cc(OC)c3OC2C1O. The number of benzene rings is 1. The highest BCUT2D eigenvalue weighted by atomic mass is 16.5. The lowest BCUT2D eigenvalue weighted by Gasteiger charge is -2.41. The zero-order valence-electron chi connectivity index (χ0n) is 21.2. The van der Waals surface area contributed by atoms with Gasteiger partial charge in [0, 0.05) is 37.9 Å². The second-order valence-electron chi connectivity index (χ2n) is 9.44. The molecule has 2 aliphatic heterocycles. The summed E-state index contributed by atoms with van der Waals surface area (Å²) in [4.78, 5) is 28.2. The Morgan fingerprint density at radius 3 is 2.70 bits per heavy atom. The van der Waals surface area contributed by atoms with E-state index in [1.807, 2.05) is 0 Å². The molecule has 0 bridgehead atoms. The molecule has 5 unspecified atom stereocenters. The van der Waals surface area contributed by atoms with E-state index < -0.39 is 30.1 Å². The Kier molecular flexibility index (Phi) is 9.04. The Morgan fingerprint density at radius 1 is 1.24 bits per heavy atom. The summed E-state index contributed by atoms with van der Waals surface area (Å²) in [6, 6.07) is 2.52. The number of aliphatic hydroxyl groups excluding tert-OH is 3. The van der Waals surface area contributed by atoms with Gasteiger partial charge in [-0.15, -0.1) is 0 Å². The first-order valence-corrected chi connectivity index (χ1v) is 12.6. The smallest absolute Gasteiger partial charge is 0.247 e. The quantitative estimate of drug-likeness (QED) is 0.313. The van der Waals surface area contributed by atoms with E-state index in [0.29, 0.717) is 34.8 Å². The van der Waals surface area contributed by atoms with Gasteiger partial charge in [-0.05, 0) is 36.6 Å². The van der Waals surface area contributed by atoms with Gasteiger partial charge in [0.05, 0.1) is 51.4 Å². The number of aliphatic hydroxyl groups is 3. The van der Waals surface area contributed by atoms with Crippen molar-refractivity contribution >= 4 is 11.8 Å². The zero-order chi connectivity index (χ0) is 26.5. The first-order chi connectivity index (χ1) is 17.9. The van der Waals surface area contributed by atoms with Crippen LogP contribution in [-0.4, -0.2) is 104 Å². The molecule has 1 fully saturated rings. The van der Waals surface area contributed by atoms with Gasteiger partial charge >= 0.3 is 0 Å². The first-order valence-electron chi connectivity index (χ1n) is 12.6. The van der Waals surface area contributed by atoms with Crippen LogP contribution < -0.4 is 14.8 Å². The van der Waals surface area contributed by atoms with Gasteiger partial charge in [-0.1, -0.05) is 0 Å². The zero-order valence-corrected chi connectivity index (χ0v) is 21.2. The van der Waals surface area contributed by atoms with Crippen molar-refractivity contribution in [1.29, 1.82) is 0 Å². The molecule has 0 aromatic heterocycles. The molecule has 2 amide bonds. The maximum atomic E-state index is 13.3. The Morgan fingerprint density at radius 2 is 2.05 bits per heavy atom. The van der Waals surface area contributed by atoms with Gasteiger partial charge in [0.25, 0.3) is 0 Å². The number of hydrogen-bond acceptors (Lipinski definition) is 9. The van der Waals surface area contributed by atoms with Crippen LogP contribution in [0.5, 0.6) is 11.5 Å². The maximum Gasteiger partial charge on any atom is 0.247 e. The number of nitrogens with one attached hydrogen (secondary N) is 1. The summed E-state index contributed by atoms with van der Waals surface area (Å²) in [6.07, 6.45) is 1.18.